The van der Waals surface area contributed by atoms with Crippen molar-refractivity contribution in [2.75, 3.05) is 11.1 Å². The van der Waals surface area contributed by atoms with Crippen molar-refractivity contribution in [3.8, 4) is 0 Å². The number of unbranched alkanes of at least 4 members (excludes halogenated alkanes) is 1. The summed E-state index contributed by atoms with van der Waals surface area (Å²) >= 11 is 1.74. The molecule has 0 radical (unpaired) electrons. The SMILES string of the molecule is O=C(O)CCCCC(=O)Nc1cccc([C@@H]2O[C@H](CSc3ccccc3)C[C@H](c3ccc(CO)cc3)O2)c1. The minimum atomic E-state index is -0.853. The first-order valence-electron chi connectivity index (χ1n) is 12.8. The minimum absolute atomic E-state index is 0.00798. The number of aliphatic hydroxyl groups excluding tert-OH is 1. The predicted molar refractivity (Wildman–Crippen MR) is 147 cm³/mol. The number of rotatable bonds is 12. The molecule has 4 rings (SSSR count). The van der Waals surface area contributed by atoms with Gasteiger partial charge in [-0.25, -0.2) is 0 Å². The highest BCUT2D eigenvalue weighted by Crippen LogP contribution is 2.39. The fraction of sp³-hybridized carbons (Fsp3) is 0.333. The maximum Gasteiger partial charge on any atom is 0.303 e. The van der Waals surface area contributed by atoms with Gasteiger partial charge in [0.1, 0.15) is 0 Å². The van der Waals surface area contributed by atoms with Crippen LogP contribution in [0.2, 0.25) is 0 Å². The second-order valence-corrected chi connectivity index (χ2v) is 10.3. The molecule has 0 aliphatic carbocycles. The van der Waals surface area contributed by atoms with Gasteiger partial charge in [-0.05, 0) is 48.2 Å². The number of amides is 1. The Morgan fingerprint density at radius 1 is 0.895 bits per heavy atom. The van der Waals surface area contributed by atoms with Crippen LogP contribution in [0.25, 0.3) is 0 Å². The number of carbonyl (C=O) groups is 2. The quantitative estimate of drug-likeness (QED) is 0.190. The zero-order chi connectivity index (χ0) is 26.7. The van der Waals surface area contributed by atoms with Crippen LogP contribution < -0.4 is 5.32 Å². The van der Waals surface area contributed by atoms with Gasteiger partial charge in [-0.15, -0.1) is 11.8 Å². The molecule has 3 aromatic rings. The van der Waals surface area contributed by atoms with E-state index in [4.69, 9.17) is 14.6 Å². The molecule has 3 aromatic carbocycles. The fourth-order valence-corrected chi connectivity index (χ4v) is 5.22. The van der Waals surface area contributed by atoms with Crippen molar-refractivity contribution in [1.29, 1.82) is 0 Å². The Hall–Kier alpha value is -3.17. The van der Waals surface area contributed by atoms with Gasteiger partial charge >= 0.3 is 5.97 Å². The number of thioether (sulfide) groups is 1. The van der Waals surface area contributed by atoms with E-state index in [0.717, 1.165) is 22.4 Å². The van der Waals surface area contributed by atoms with Gasteiger partial charge in [0.05, 0.1) is 18.8 Å². The number of aliphatic hydroxyl groups is 1. The summed E-state index contributed by atoms with van der Waals surface area (Å²) in [4.78, 5) is 24.2. The smallest absolute Gasteiger partial charge is 0.303 e. The van der Waals surface area contributed by atoms with E-state index >= 15 is 0 Å². The van der Waals surface area contributed by atoms with E-state index in [1.165, 1.54) is 4.90 Å². The first-order valence-corrected chi connectivity index (χ1v) is 13.8. The van der Waals surface area contributed by atoms with E-state index < -0.39 is 12.3 Å². The number of carboxylic acid groups (broad SMARTS) is 1. The third-order valence-corrected chi connectivity index (χ3v) is 7.43. The predicted octanol–water partition coefficient (Wildman–Crippen LogP) is 6.10. The van der Waals surface area contributed by atoms with E-state index in [9.17, 15) is 14.7 Å². The highest BCUT2D eigenvalue weighted by Gasteiger charge is 2.32. The molecule has 1 aliphatic rings. The molecule has 0 aromatic heterocycles. The highest BCUT2D eigenvalue weighted by molar-refractivity contribution is 7.99. The molecule has 1 fully saturated rings. The Bertz CT molecular complexity index is 1190. The van der Waals surface area contributed by atoms with Crippen LogP contribution in [0, 0.1) is 0 Å². The second kappa shape index (κ2) is 14.1. The summed E-state index contributed by atoms with van der Waals surface area (Å²) in [7, 11) is 0. The van der Waals surface area contributed by atoms with E-state index in [0.29, 0.717) is 24.9 Å². The van der Waals surface area contributed by atoms with Gasteiger partial charge in [0.2, 0.25) is 5.91 Å². The van der Waals surface area contributed by atoms with E-state index in [2.05, 4.69) is 17.4 Å². The number of carbonyl (C=O) groups excluding carboxylic acids is 1. The molecular formula is C30H33NO6S. The molecule has 0 bridgehead atoms. The van der Waals surface area contributed by atoms with Crippen molar-refractivity contribution in [1.82, 2.24) is 0 Å². The molecule has 38 heavy (non-hydrogen) atoms. The highest BCUT2D eigenvalue weighted by atomic mass is 32.2. The molecular weight excluding hydrogens is 502 g/mol. The largest absolute Gasteiger partial charge is 0.481 e. The number of nitrogens with one attached hydrogen (secondary N) is 1. The third-order valence-electron chi connectivity index (χ3n) is 6.28. The molecule has 0 spiro atoms. The summed E-state index contributed by atoms with van der Waals surface area (Å²) in [6.07, 6.45) is 1.15. The van der Waals surface area contributed by atoms with Crippen molar-refractivity contribution in [3.63, 3.8) is 0 Å². The minimum Gasteiger partial charge on any atom is -0.481 e. The summed E-state index contributed by atoms with van der Waals surface area (Å²) in [6.45, 7) is -0.00798. The summed E-state index contributed by atoms with van der Waals surface area (Å²) in [5, 5.41) is 21.1. The van der Waals surface area contributed by atoms with Crippen LogP contribution >= 0.6 is 11.8 Å². The van der Waals surface area contributed by atoms with E-state index in [1.54, 1.807) is 11.8 Å². The molecule has 200 valence electrons. The average molecular weight is 536 g/mol. The molecule has 1 aliphatic heterocycles. The van der Waals surface area contributed by atoms with Crippen LogP contribution in [0.4, 0.5) is 5.69 Å². The number of benzene rings is 3. The van der Waals surface area contributed by atoms with Crippen LogP contribution in [0.5, 0.6) is 0 Å². The molecule has 1 saturated heterocycles. The van der Waals surface area contributed by atoms with Crippen molar-refractivity contribution in [2.24, 2.45) is 0 Å². The summed E-state index contributed by atoms with van der Waals surface area (Å²) in [5.74, 6) is -0.243. The molecule has 1 amide bonds. The standard InChI is InChI=1S/C30H33NO6S/c32-19-21-13-15-22(16-14-21)27-18-25(20-38-26-9-2-1-3-10-26)36-30(37-27)23-7-6-8-24(17-23)31-28(33)11-4-5-12-29(34)35/h1-3,6-10,13-17,25,27,30,32H,4-5,11-12,18-20H2,(H,31,33)(H,34,35)/t25-,27+,30+/m0/s1. The van der Waals surface area contributed by atoms with Gasteiger partial charge in [0, 0.05) is 41.2 Å². The Balaban J connectivity index is 1.45. The van der Waals surface area contributed by atoms with Crippen molar-refractivity contribution < 1.29 is 29.3 Å². The fourth-order valence-electron chi connectivity index (χ4n) is 4.28. The molecule has 3 N–H and O–H groups in total. The maximum atomic E-state index is 12.4. The van der Waals surface area contributed by atoms with Crippen LogP contribution in [0.15, 0.2) is 83.8 Å². The second-order valence-electron chi connectivity index (χ2n) is 9.25. The summed E-state index contributed by atoms with van der Waals surface area (Å²) < 4.78 is 12.8. The van der Waals surface area contributed by atoms with Gasteiger partial charge in [0.15, 0.2) is 6.29 Å². The molecule has 0 saturated carbocycles. The Morgan fingerprint density at radius 2 is 1.66 bits per heavy atom. The van der Waals surface area contributed by atoms with Gasteiger partial charge in [0.25, 0.3) is 0 Å². The lowest BCUT2D eigenvalue weighted by Gasteiger charge is -2.36. The lowest BCUT2D eigenvalue weighted by atomic mass is 10.0. The third kappa shape index (κ3) is 8.43. The van der Waals surface area contributed by atoms with Gasteiger partial charge in [-0.2, -0.15) is 0 Å². The zero-order valence-electron chi connectivity index (χ0n) is 21.1. The summed E-state index contributed by atoms with van der Waals surface area (Å²) in [6, 6.07) is 25.4. The maximum absolute atomic E-state index is 12.4. The van der Waals surface area contributed by atoms with Crippen LogP contribution in [-0.2, 0) is 25.7 Å². The van der Waals surface area contributed by atoms with Crippen molar-refractivity contribution >= 4 is 29.3 Å². The first-order chi connectivity index (χ1) is 18.5. The number of hydrogen-bond donors (Lipinski definition) is 3. The number of aliphatic carboxylic acids is 1. The lowest BCUT2D eigenvalue weighted by molar-refractivity contribution is -0.245. The number of anilines is 1. The van der Waals surface area contributed by atoms with Gasteiger partial charge < -0.3 is 25.0 Å². The molecule has 0 unspecified atom stereocenters. The lowest BCUT2D eigenvalue weighted by Crippen LogP contribution is -2.31. The van der Waals surface area contributed by atoms with Crippen molar-refractivity contribution in [2.45, 2.75) is 62.1 Å². The molecule has 7 nitrogen and oxygen atoms in total. The van der Waals surface area contributed by atoms with Crippen LogP contribution in [0.3, 0.4) is 0 Å². The monoisotopic (exact) mass is 535 g/mol. The summed E-state index contributed by atoms with van der Waals surface area (Å²) in [5.41, 5.74) is 3.32. The molecule has 8 heteroatoms. The number of ether oxygens (including phenoxy) is 2. The van der Waals surface area contributed by atoms with Crippen LogP contribution in [-0.4, -0.2) is 33.9 Å². The normalized spacial score (nSPS) is 19.1. The average Bonchev–Trinajstić information content (AvgIpc) is 2.95. The topological polar surface area (TPSA) is 105 Å². The number of carboxylic acids is 1. The van der Waals surface area contributed by atoms with E-state index in [1.807, 2.05) is 66.7 Å². The Kier molecular flexibility index (Phi) is 10.3. The van der Waals surface area contributed by atoms with Gasteiger partial charge in [-0.1, -0.05) is 54.6 Å². The van der Waals surface area contributed by atoms with Gasteiger partial charge in [-0.3, -0.25) is 9.59 Å². The van der Waals surface area contributed by atoms with Crippen molar-refractivity contribution in [3.05, 3.63) is 95.6 Å². The molecule has 1 heterocycles. The van der Waals surface area contributed by atoms with E-state index in [-0.39, 0.29) is 37.6 Å². The Labute approximate surface area is 227 Å². The van der Waals surface area contributed by atoms with Crippen LogP contribution in [0.1, 0.15) is 61.2 Å². The number of hydrogen-bond acceptors (Lipinski definition) is 6. The molecule has 3 atom stereocenters. The first kappa shape index (κ1) is 27.9. The zero-order valence-corrected chi connectivity index (χ0v) is 21.9. The Morgan fingerprint density at radius 3 is 2.39 bits per heavy atom.